The predicted molar refractivity (Wildman–Crippen MR) is 179 cm³/mol. The fourth-order valence-corrected chi connectivity index (χ4v) is 8.87. The van der Waals surface area contributed by atoms with Gasteiger partial charge in [-0.15, -0.1) is 0 Å². The predicted octanol–water partition coefficient (Wildman–Crippen LogP) is 4.97. The van der Waals surface area contributed by atoms with Crippen molar-refractivity contribution in [2.75, 3.05) is 50.8 Å². The minimum absolute atomic E-state index is 0.103. The molecule has 3 saturated heterocycles. The van der Waals surface area contributed by atoms with Gasteiger partial charge in [-0.3, -0.25) is 14.7 Å². The van der Waals surface area contributed by atoms with Gasteiger partial charge >= 0.3 is 6.01 Å². The second-order valence-corrected chi connectivity index (χ2v) is 14.6. The topological polar surface area (TPSA) is 88.3 Å². The number of piperazine rings is 1. The first-order valence-corrected chi connectivity index (χ1v) is 17.5. The number of alkyl halides is 1. The lowest BCUT2D eigenvalue weighted by molar-refractivity contribution is -0.128. The molecule has 11 heteroatoms. The molecule has 1 amide bonds. The Morgan fingerprint density at radius 2 is 2.10 bits per heavy atom. The van der Waals surface area contributed by atoms with E-state index in [-0.39, 0.29) is 36.1 Å². The summed E-state index contributed by atoms with van der Waals surface area (Å²) in [6, 6.07) is 6.45. The standard InChI is InChI=1S/C37H40FN7O3/c1-3-31(46)45-13-12-43(20-24(45)17-39-2)35-30-18-40-32(27-7-4-6-26-28-14-22(28)15-29(26)27)34(48-25-8-9-25)33(30)41-36(42-35)47-21-37-10-5-11-44(37)19-23(38)16-37/h3-4,6-7,18,22-25,28H,1,5,8-17,19-21H2/t22-,23-,24+,28-,37+/m1/s1. The van der Waals surface area contributed by atoms with Gasteiger partial charge in [0.1, 0.15) is 35.8 Å². The number of ether oxygens (including phenoxy) is 2. The van der Waals surface area contributed by atoms with Gasteiger partial charge < -0.3 is 24.1 Å². The first-order chi connectivity index (χ1) is 23.4. The third-order valence-electron chi connectivity index (χ3n) is 11.5. The second-order valence-electron chi connectivity index (χ2n) is 14.6. The molecule has 3 aliphatic carbocycles. The molecule has 0 bridgehead atoms. The van der Waals surface area contributed by atoms with Crippen molar-refractivity contribution < 1.29 is 18.7 Å². The van der Waals surface area contributed by atoms with Crippen molar-refractivity contribution in [3.63, 3.8) is 0 Å². The fraction of sp³-hybridized carbons (Fsp3) is 0.541. The Bertz CT molecular complexity index is 1860. The van der Waals surface area contributed by atoms with Crippen molar-refractivity contribution in [1.82, 2.24) is 24.8 Å². The lowest BCUT2D eigenvalue weighted by Gasteiger charge is -2.39. The number of anilines is 1. The van der Waals surface area contributed by atoms with E-state index in [0.717, 1.165) is 61.2 Å². The van der Waals surface area contributed by atoms with Crippen LogP contribution in [0, 0.1) is 12.5 Å². The summed E-state index contributed by atoms with van der Waals surface area (Å²) in [5, 5.41) is 0.743. The molecule has 9 rings (SSSR count). The maximum Gasteiger partial charge on any atom is 0.319 e. The van der Waals surface area contributed by atoms with Crippen LogP contribution in [0.25, 0.3) is 27.0 Å². The van der Waals surface area contributed by atoms with Gasteiger partial charge in [-0.2, -0.15) is 9.97 Å². The van der Waals surface area contributed by atoms with Crippen molar-refractivity contribution in [1.29, 1.82) is 0 Å². The molecular weight excluding hydrogens is 609 g/mol. The highest BCUT2D eigenvalue weighted by Gasteiger charge is 2.50. The molecule has 2 aromatic heterocycles. The van der Waals surface area contributed by atoms with Crippen LogP contribution in [0.15, 0.2) is 37.1 Å². The summed E-state index contributed by atoms with van der Waals surface area (Å²) < 4.78 is 27.8. The third kappa shape index (κ3) is 4.99. The van der Waals surface area contributed by atoms with Crippen molar-refractivity contribution in [2.45, 2.75) is 74.7 Å². The maximum atomic E-state index is 14.6. The van der Waals surface area contributed by atoms with E-state index in [0.29, 0.717) is 62.2 Å². The van der Waals surface area contributed by atoms with Gasteiger partial charge in [-0.1, -0.05) is 24.8 Å². The van der Waals surface area contributed by atoms with E-state index in [2.05, 4.69) is 39.4 Å². The summed E-state index contributed by atoms with van der Waals surface area (Å²) in [6.45, 7) is 14.4. The van der Waals surface area contributed by atoms with E-state index < -0.39 is 6.17 Å². The monoisotopic (exact) mass is 649 g/mol. The summed E-state index contributed by atoms with van der Waals surface area (Å²) in [5.74, 6) is 2.51. The minimum Gasteiger partial charge on any atom is -0.486 e. The first-order valence-electron chi connectivity index (χ1n) is 17.5. The van der Waals surface area contributed by atoms with Crippen molar-refractivity contribution in [3.8, 4) is 23.0 Å². The number of hydrogen-bond donors (Lipinski definition) is 0. The van der Waals surface area contributed by atoms with Crippen LogP contribution in [0.4, 0.5) is 10.2 Å². The highest BCUT2D eigenvalue weighted by molar-refractivity contribution is 5.97. The van der Waals surface area contributed by atoms with Crippen LogP contribution in [0.2, 0.25) is 0 Å². The highest BCUT2D eigenvalue weighted by atomic mass is 19.1. The number of hydrogen-bond acceptors (Lipinski definition) is 8. The molecule has 5 heterocycles. The van der Waals surface area contributed by atoms with Crippen molar-refractivity contribution in [2.24, 2.45) is 5.92 Å². The van der Waals surface area contributed by atoms with Gasteiger partial charge in [-0.05, 0) is 74.1 Å². The van der Waals surface area contributed by atoms with E-state index in [9.17, 15) is 9.18 Å². The number of pyridine rings is 1. The van der Waals surface area contributed by atoms with Gasteiger partial charge in [-0.25, -0.2) is 11.0 Å². The molecule has 0 N–H and O–H groups in total. The van der Waals surface area contributed by atoms with Gasteiger partial charge in [0.15, 0.2) is 5.75 Å². The summed E-state index contributed by atoms with van der Waals surface area (Å²) in [7, 11) is 0. The summed E-state index contributed by atoms with van der Waals surface area (Å²) >= 11 is 0. The number of carbonyl (C=O) groups excluding carboxylic acids is 1. The Labute approximate surface area is 279 Å². The van der Waals surface area contributed by atoms with Gasteiger partial charge in [0.2, 0.25) is 12.5 Å². The SMILES string of the molecule is [C-]#[N+]C[C@H]1CN(c2nc(OC[C@@]34CCCN3C[C@H](F)C4)nc3c(OC4CC4)c(-c4cccc5c4C[C@H]4C[C@@H]54)ncc23)CCN1C(=O)C=C. The van der Waals surface area contributed by atoms with E-state index in [1.54, 1.807) is 4.90 Å². The number of rotatable bonds is 9. The second kappa shape index (κ2) is 11.4. The maximum absolute atomic E-state index is 14.6. The van der Waals surface area contributed by atoms with Crippen LogP contribution in [0.3, 0.4) is 0 Å². The molecule has 1 aromatic carbocycles. The first kappa shape index (κ1) is 29.8. The van der Waals surface area contributed by atoms with Crippen LogP contribution in [0.1, 0.15) is 55.6 Å². The molecule has 2 saturated carbocycles. The normalized spacial score (nSPS) is 28.9. The Hall–Kier alpha value is -4.30. The van der Waals surface area contributed by atoms with Gasteiger partial charge in [0, 0.05) is 44.4 Å². The number of amides is 1. The molecular formula is C37H40FN7O3. The summed E-state index contributed by atoms with van der Waals surface area (Å²) in [5.41, 5.74) is 5.00. The zero-order chi connectivity index (χ0) is 32.6. The van der Waals surface area contributed by atoms with E-state index >= 15 is 0 Å². The van der Waals surface area contributed by atoms with Crippen LogP contribution in [-0.4, -0.2) is 100 Å². The number of aromatic nitrogens is 3. The number of halogens is 1. The van der Waals surface area contributed by atoms with E-state index in [1.807, 2.05) is 6.20 Å². The molecule has 0 spiro atoms. The number of nitrogens with zero attached hydrogens (tertiary/aromatic N) is 7. The lowest BCUT2D eigenvalue weighted by atomic mass is 9.95. The molecule has 10 nitrogen and oxygen atoms in total. The highest BCUT2D eigenvalue weighted by Crippen LogP contribution is 2.58. The van der Waals surface area contributed by atoms with Crippen LogP contribution < -0.4 is 14.4 Å². The van der Waals surface area contributed by atoms with E-state index in [4.69, 9.17) is 31.0 Å². The number of fused-ring (bicyclic) bond motifs is 5. The summed E-state index contributed by atoms with van der Waals surface area (Å²) in [4.78, 5) is 37.6. The lowest BCUT2D eigenvalue weighted by Crippen LogP contribution is -2.56. The minimum atomic E-state index is -0.859. The van der Waals surface area contributed by atoms with Crippen LogP contribution in [0.5, 0.6) is 11.8 Å². The Balaban J connectivity index is 1.16. The van der Waals surface area contributed by atoms with Crippen LogP contribution in [-0.2, 0) is 11.2 Å². The zero-order valence-corrected chi connectivity index (χ0v) is 27.1. The zero-order valence-electron chi connectivity index (χ0n) is 27.1. The molecule has 248 valence electrons. The molecule has 0 radical (unpaired) electrons. The molecule has 0 unspecified atom stereocenters. The largest absolute Gasteiger partial charge is 0.486 e. The third-order valence-corrected chi connectivity index (χ3v) is 11.5. The molecule has 48 heavy (non-hydrogen) atoms. The van der Waals surface area contributed by atoms with Gasteiger partial charge in [0.05, 0.1) is 17.0 Å². The Morgan fingerprint density at radius 1 is 1.21 bits per heavy atom. The molecule has 6 aliphatic rings. The molecule has 3 aliphatic heterocycles. The quantitative estimate of drug-likeness (QED) is 0.237. The molecule has 3 aromatic rings. The smallest absolute Gasteiger partial charge is 0.319 e. The average Bonchev–Trinajstić information content (AvgIpc) is 3.97. The van der Waals surface area contributed by atoms with Gasteiger partial charge in [0.25, 0.3) is 0 Å². The van der Waals surface area contributed by atoms with Crippen molar-refractivity contribution in [3.05, 3.63) is 59.6 Å². The number of benzene rings is 1. The number of carbonyl (C=O) groups is 1. The summed E-state index contributed by atoms with van der Waals surface area (Å²) in [6.07, 6.45) is 9.06. The van der Waals surface area contributed by atoms with Crippen LogP contribution >= 0.6 is 0 Å². The van der Waals surface area contributed by atoms with E-state index in [1.165, 1.54) is 23.6 Å². The fourth-order valence-electron chi connectivity index (χ4n) is 8.87. The Morgan fingerprint density at radius 3 is 2.94 bits per heavy atom. The Kier molecular flexibility index (Phi) is 7.08. The molecule has 5 fully saturated rings. The average molecular weight is 650 g/mol. The van der Waals surface area contributed by atoms with Crippen molar-refractivity contribution >= 4 is 22.6 Å². The molecule has 5 atom stereocenters.